The lowest BCUT2D eigenvalue weighted by atomic mass is 9.94. The molecule has 0 amide bonds. The monoisotopic (exact) mass is 395 g/mol. The van der Waals surface area contributed by atoms with E-state index in [9.17, 15) is 21.6 Å². The van der Waals surface area contributed by atoms with E-state index in [1.54, 1.807) is 4.90 Å². The topological polar surface area (TPSA) is 91.0 Å². The fourth-order valence-corrected chi connectivity index (χ4v) is 4.25. The molecule has 0 saturated carbocycles. The normalized spacial score (nSPS) is 19.2. The second-order valence-electron chi connectivity index (χ2n) is 5.87. The molecule has 1 aliphatic rings. The highest BCUT2D eigenvalue weighted by Gasteiger charge is 2.35. The van der Waals surface area contributed by atoms with E-state index in [2.05, 4.69) is 19.9 Å². The SMILES string of the molecule is CS(=O)(=O)Nc1cn[nH]c1C1CCCN(c2nc(C(F)(F)F)cs2)C1. The number of hydrogen-bond acceptors (Lipinski definition) is 6. The van der Waals surface area contributed by atoms with E-state index in [4.69, 9.17) is 0 Å². The van der Waals surface area contributed by atoms with E-state index >= 15 is 0 Å². The predicted molar refractivity (Wildman–Crippen MR) is 88.4 cm³/mol. The van der Waals surface area contributed by atoms with Crippen molar-refractivity contribution in [2.75, 3.05) is 29.0 Å². The molecule has 1 fully saturated rings. The molecule has 1 unspecified atom stereocenters. The molecule has 0 bridgehead atoms. The van der Waals surface area contributed by atoms with Crippen LogP contribution in [0.5, 0.6) is 0 Å². The molecule has 3 rings (SSSR count). The molecule has 12 heteroatoms. The van der Waals surface area contributed by atoms with Crippen molar-refractivity contribution in [2.45, 2.75) is 24.9 Å². The number of aromatic nitrogens is 3. The van der Waals surface area contributed by atoms with Gasteiger partial charge in [0.1, 0.15) is 0 Å². The molecule has 2 N–H and O–H groups in total. The third kappa shape index (κ3) is 4.24. The van der Waals surface area contributed by atoms with Crippen LogP contribution in [-0.2, 0) is 16.2 Å². The molecule has 25 heavy (non-hydrogen) atoms. The lowest BCUT2D eigenvalue weighted by Crippen LogP contribution is -2.34. The van der Waals surface area contributed by atoms with Gasteiger partial charge in [0.2, 0.25) is 10.0 Å². The van der Waals surface area contributed by atoms with Gasteiger partial charge in [0, 0.05) is 24.4 Å². The van der Waals surface area contributed by atoms with Gasteiger partial charge in [0.05, 0.1) is 23.8 Å². The fourth-order valence-electron chi connectivity index (χ4n) is 2.81. The zero-order valence-corrected chi connectivity index (χ0v) is 14.8. The number of hydrogen-bond donors (Lipinski definition) is 2. The Labute approximate surface area is 146 Å². The molecular formula is C13H16F3N5O2S2. The highest BCUT2D eigenvalue weighted by molar-refractivity contribution is 7.92. The zero-order chi connectivity index (χ0) is 18.2. The van der Waals surface area contributed by atoms with Crippen LogP contribution in [-0.4, -0.2) is 42.9 Å². The van der Waals surface area contributed by atoms with Crippen molar-refractivity contribution >= 4 is 32.2 Å². The Bertz CT molecular complexity index is 846. The van der Waals surface area contributed by atoms with Crippen molar-refractivity contribution < 1.29 is 21.6 Å². The van der Waals surface area contributed by atoms with Gasteiger partial charge in [-0.25, -0.2) is 13.4 Å². The van der Waals surface area contributed by atoms with Gasteiger partial charge in [0.15, 0.2) is 10.8 Å². The summed E-state index contributed by atoms with van der Waals surface area (Å²) in [6.45, 7) is 1.04. The standard InChI is InChI=1S/C13H16F3N5O2S2/c1-25(22,23)20-9-5-17-19-11(9)8-3-2-4-21(6-8)12-18-10(7-24-12)13(14,15)16/h5,7-8,20H,2-4,6H2,1H3,(H,17,19). The average molecular weight is 395 g/mol. The minimum atomic E-state index is -4.46. The first-order chi connectivity index (χ1) is 11.6. The van der Waals surface area contributed by atoms with Crippen LogP contribution in [0.25, 0.3) is 0 Å². The first kappa shape index (κ1) is 18.0. The van der Waals surface area contributed by atoms with Gasteiger partial charge in [-0.3, -0.25) is 9.82 Å². The third-order valence-electron chi connectivity index (χ3n) is 3.85. The first-order valence-corrected chi connectivity index (χ1v) is 10.2. The number of nitrogens with one attached hydrogen (secondary N) is 2. The quantitative estimate of drug-likeness (QED) is 0.831. The lowest BCUT2D eigenvalue weighted by molar-refractivity contribution is -0.140. The van der Waals surface area contributed by atoms with E-state index in [-0.39, 0.29) is 5.92 Å². The summed E-state index contributed by atoms with van der Waals surface area (Å²) < 4.78 is 63.5. The second kappa shape index (κ2) is 6.48. The highest BCUT2D eigenvalue weighted by Crippen LogP contribution is 2.36. The predicted octanol–water partition coefficient (Wildman–Crippen LogP) is 2.64. The van der Waals surface area contributed by atoms with Gasteiger partial charge in [-0.1, -0.05) is 0 Å². The number of H-pyrrole nitrogens is 1. The Balaban J connectivity index is 1.78. The van der Waals surface area contributed by atoms with Crippen molar-refractivity contribution in [1.82, 2.24) is 15.2 Å². The van der Waals surface area contributed by atoms with Gasteiger partial charge in [-0.15, -0.1) is 11.3 Å². The molecule has 1 saturated heterocycles. The Morgan fingerprint density at radius 2 is 2.20 bits per heavy atom. The maximum Gasteiger partial charge on any atom is 0.434 e. The van der Waals surface area contributed by atoms with Crippen molar-refractivity contribution in [3.63, 3.8) is 0 Å². The number of sulfonamides is 1. The van der Waals surface area contributed by atoms with Crippen LogP contribution in [0.3, 0.4) is 0 Å². The smallest absolute Gasteiger partial charge is 0.347 e. The number of halogens is 3. The van der Waals surface area contributed by atoms with Gasteiger partial charge in [-0.2, -0.15) is 18.3 Å². The van der Waals surface area contributed by atoms with Crippen molar-refractivity contribution in [3.8, 4) is 0 Å². The van der Waals surface area contributed by atoms with Crippen LogP contribution >= 0.6 is 11.3 Å². The zero-order valence-electron chi connectivity index (χ0n) is 13.2. The molecule has 2 aromatic heterocycles. The number of aromatic amines is 1. The maximum atomic E-state index is 12.7. The van der Waals surface area contributed by atoms with E-state index in [0.29, 0.717) is 29.6 Å². The summed E-state index contributed by atoms with van der Waals surface area (Å²) in [7, 11) is -3.45. The molecule has 138 valence electrons. The first-order valence-electron chi connectivity index (χ1n) is 7.42. The summed E-state index contributed by atoms with van der Waals surface area (Å²) in [4.78, 5) is 5.48. The summed E-state index contributed by atoms with van der Waals surface area (Å²) in [5.74, 6) is -0.0845. The lowest BCUT2D eigenvalue weighted by Gasteiger charge is -2.32. The minimum absolute atomic E-state index is 0.0845. The molecule has 0 radical (unpaired) electrons. The van der Waals surface area contributed by atoms with Crippen LogP contribution in [0.2, 0.25) is 0 Å². The Kier molecular flexibility index (Phi) is 4.66. The molecule has 7 nitrogen and oxygen atoms in total. The van der Waals surface area contributed by atoms with Crippen LogP contribution in [0.1, 0.15) is 30.1 Å². The van der Waals surface area contributed by atoms with Gasteiger partial charge < -0.3 is 4.90 Å². The number of rotatable bonds is 4. The van der Waals surface area contributed by atoms with Crippen LogP contribution in [0.4, 0.5) is 24.0 Å². The van der Waals surface area contributed by atoms with E-state index in [1.807, 2.05) is 0 Å². The number of alkyl halides is 3. The summed E-state index contributed by atoms with van der Waals surface area (Å²) in [5.41, 5.74) is 0.0998. The van der Waals surface area contributed by atoms with Gasteiger partial charge in [-0.05, 0) is 12.8 Å². The largest absolute Gasteiger partial charge is 0.434 e. The van der Waals surface area contributed by atoms with Gasteiger partial charge >= 0.3 is 6.18 Å². The summed E-state index contributed by atoms with van der Waals surface area (Å²) >= 11 is 0.954. The number of nitrogens with zero attached hydrogens (tertiary/aromatic N) is 3. The molecule has 2 aromatic rings. The van der Waals surface area contributed by atoms with Crippen LogP contribution < -0.4 is 9.62 Å². The van der Waals surface area contributed by atoms with E-state index < -0.39 is 21.9 Å². The average Bonchev–Trinajstić information content (AvgIpc) is 3.14. The van der Waals surface area contributed by atoms with E-state index in [0.717, 1.165) is 35.8 Å². The Morgan fingerprint density at radius 1 is 1.44 bits per heavy atom. The molecule has 1 aliphatic heterocycles. The second-order valence-corrected chi connectivity index (χ2v) is 8.45. The molecular weight excluding hydrogens is 379 g/mol. The number of piperidine rings is 1. The summed E-state index contributed by atoms with van der Waals surface area (Å²) in [6, 6.07) is 0. The van der Waals surface area contributed by atoms with E-state index in [1.165, 1.54) is 6.20 Å². The molecule has 1 atom stereocenters. The molecule has 0 aliphatic carbocycles. The van der Waals surface area contributed by atoms with Crippen molar-refractivity contribution in [1.29, 1.82) is 0 Å². The fraction of sp³-hybridized carbons (Fsp3) is 0.538. The molecule has 0 spiro atoms. The maximum absolute atomic E-state index is 12.7. The van der Waals surface area contributed by atoms with Crippen LogP contribution in [0.15, 0.2) is 11.6 Å². The number of thiazole rings is 1. The summed E-state index contributed by atoms with van der Waals surface area (Å²) in [5, 5.41) is 8.00. The number of anilines is 2. The minimum Gasteiger partial charge on any atom is -0.347 e. The molecule has 0 aromatic carbocycles. The Morgan fingerprint density at radius 3 is 2.84 bits per heavy atom. The van der Waals surface area contributed by atoms with Gasteiger partial charge in [0.25, 0.3) is 0 Å². The van der Waals surface area contributed by atoms with Crippen molar-refractivity contribution in [2.24, 2.45) is 0 Å². The molecule has 3 heterocycles. The third-order valence-corrected chi connectivity index (χ3v) is 5.34. The van der Waals surface area contributed by atoms with Crippen molar-refractivity contribution in [3.05, 3.63) is 23.0 Å². The Hall–Kier alpha value is -1.82. The highest BCUT2D eigenvalue weighted by atomic mass is 32.2. The summed E-state index contributed by atoms with van der Waals surface area (Å²) in [6.07, 6.45) is -0.497. The van der Waals surface area contributed by atoms with Crippen LogP contribution in [0, 0.1) is 0 Å².